The number of hydrogen-bond acceptors (Lipinski definition) is 0. The summed E-state index contributed by atoms with van der Waals surface area (Å²) < 4.78 is 25.7. The van der Waals surface area contributed by atoms with E-state index < -0.39 is 11.6 Å². The van der Waals surface area contributed by atoms with E-state index in [1.54, 1.807) is 6.07 Å². The van der Waals surface area contributed by atoms with Crippen molar-refractivity contribution in [3.8, 4) is 0 Å². The van der Waals surface area contributed by atoms with E-state index >= 15 is 0 Å². The first-order valence-electron chi connectivity index (χ1n) is 6.21. The molecule has 0 aliphatic carbocycles. The SMILES string of the molecule is CCCCCCC(Cl)Cc1ccc(F)c(F)c1. The van der Waals surface area contributed by atoms with Gasteiger partial charge in [-0.05, 0) is 30.5 Å². The molecule has 0 aromatic heterocycles. The fourth-order valence-electron chi connectivity index (χ4n) is 1.82. The van der Waals surface area contributed by atoms with Gasteiger partial charge in [-0.2, -0.15) is 0 Å². The molecule has 1 atom stereocenters. The molecule has 0 aliphatic heterocycles. The van der Waals surface area contributed by atoms with Gasteiger partial charge in [0.05, 0.1) is 0 Å². The fourth-order valence-corrected chi connectivity index (χ4v) is 2.15. The van der Waals surface area contributed by atoms with Crippen LogP contribution in [0.2, 0.25) is 0 Å². The minimum Gasteiger partial charge on any atom is -0.204 e. The van der Waals surface area contributed by atoms with Crippen LogP contribution in [0.1, 0.15) is 44.6 Å². The van der Waals surface area contributed by atoms with Crippen LogP contribution in [0.15, 0.2) is 18.2 Å². The standard InChI is InChI=1S/C14H19ClF2/c1-2-3-4-5-6-12(15)9-11-7-8-13(16)14(17)10-11/h7-8,10,12H,2-6,9H2,1H3. The van der Waals surface area contributed by atoms with Crippen LogP contribution in [0.4, 0.5) is 8.78 Å². The molecule has 0 aliphatic rings. The lowest BCUT2D eigenvalue weighted by Gasteiger charge is -2.09. The average Bonchev–Trinajstić information content (AvgIpc) is 2.30. The zero-order valence-electron chi connectivity index (χ0n) is 10.2. The Morgan fingerprint density at radius 1 is 1.12 bits per heavy atom. The molecule has 0 spiro atoms. The zero-order valence-corrected chi connectivity index (χ0v) is 10.9. The lowest BCUT2D eigenvalue weighted by atomic mass is 10.0. The van der Waals surface area contributed by atoms with Crippen LogP contribution >= 0.6 is 11.6 Å². The molecular formula is C14H19ClF2. The van der Waals surface area contributed by atoms with Gasteiger partial charge < -0.3 is 0 Å². The molecule has 0 saturated carbocycles. The van der Waals surface area contributed by atoms with E-state index in [9.17, 15) is 8.78 Å². The first-order valence-corrected chi connectivity index (χ1v) is 6.65. The van der Waals surface area contributed by atoms with Gasteiger partial charge in [0.25, 0.3) is 0 Å². The van der Waals surface area contributed by atoms with Crippen LogP contribution in [0.5, 0.6) is 0 Å². The van der Waals surface area contributed by atoms with Crippen molar-refractivity contribution in [3.63, 3.8) is 0 Å². The quantitative estimate of drug-likeness (QED) is 0.473. The molecule has 96 valence electrons. The number of halogens is 3. The van der Waals surface area contributed by atoms with Crippen LogP contribution < -0.4 is 0 Å². The van der Waals surface area contributed by atoms with E-state index in [0.29, 0.717) is 6.42 Å². The summed E-state index contributed by atoms with van der Waals surface area (Å²) in [5, 5.41) is 0.0108. The van der Waals surface area contributed by atoms with Crippen molar-refractivity contribution in [1.82, 2.24) is 0 Å². The van der Waals surface area contributed by atoms with Gasteiger partial charge in [0.2, 0.25) is 0 Å². The van der Waals surface area contributed by atoms with Crippen LogP contribution in [0.3, 0.4) is 0 Å². The molecule has 1 rings (SSSR count). The second-order valence-corrected chi connectivity index (χ2v) is 5.02. The average molecular weight is 261 g/mol. The van der Waals surface area contributed by atoms with Crippen LogP contribution in [-0.2, 0) is 6.42 Å². The maximum absolute atomic E-state index is 13.0. The van der Waals surface area contributed by atoms with Crippen LogP contribution in [0.25, 0.3) is 0 Å². The molecule has 1 unspecified atom stereocenters. The number of benzene rings is 1. The second-order valence-electron chi connectivity index (χ2n) is 4.40. The Morgan fingerprint density at radius 3 is 2.53 bits per heavy atom. The van der Waals surface area contributed by atoms with Crippen LogP contribution in [0, 0.1) is 11.6 Å². The van der Waals surface area contributed by atoms with Gasteiger partial charge in [0, 0.05) is 5.38 Å². The first-order chi connectivity index (χ1) is 8.13. The third-order valence-corrected chi connectivity index (χ3v) is 3.18. The van der Waals surface area contributed by atoms with Crippen molar-refractivity contribution in [2.45, 2.75) is 50.8 Å². The maximum atomic E-state index is 13.0. The normalized spacial score (nSPS) is 12.7. The molecule has 0 amide bonds. The summed E-state index contributed by atoms with van der Waals surface area (Å²) in [7, 11) is 0. The van der Waals surface area contributed by atoms with E-state index in [4.69, 9.17) is 11.6 Å². The highest BCUT2D eigenvalue weighted by molar-refractivity contribution is 6.20. The number of unbranched alkanes of at least 4 members (excludes halogenated alkanes) is 3. The summed E-state index contributed by atoms with van der Waals surface area (Å²) >= 11 is 6.17. The number of rotatable bonds is 7. The van der Waals surface area contributed by atoms with E-state index in [-0.39, 0.29) is 5.38 Å². The highest BCUT2D eigenvalue weighted by Crippen LogP contribution is 2.17. The molecule has 3 heteroatoms. The van der Waals surface area contributed by atoms with Gasteiger partial charge in [-0.15, -0.1) is 11.6 Å². The highest BCUT2D eigenvalue weighted by Gasteiger charge is 2.08. The molecule has 0 radical (unpaired) electrons. The third-order valence-electron chi connectivity index (χ3n) is 2.81. The summed E-state index contributed by atoms with van der Waals surface area (Å²) in [5.74, 6) is -1.60. The predicted molar refractivity (Wildman–Crippen MR) is 68.5 cm³/mol. The number of alkyl halides is 1. The van der Waals surface area contributed by atoms with Gasteiger partial charge in [-0.25, -0.2) is 8.78 Å². The Balaban J connectivity index is 2.34. The first kappa shape index (κ1) is 14.4. The molecule has 0 heterocycles. The summed E-state index contributed by atoms with van der Waals surface area (Å²) in [6.45, 7) is 2.17. The van der Waals surface area contributed by atoms with Gasteiger partial charge in [0.15, 0.2) is 11.6 Å². The molecular weight excluding hydrogens is 242 g/mol. The summed E-state index contributed by atoms with van der Waals surface area (Å²) in [6.07, 6.45) is 6.26. The predicted octanol–water partition coefficient (Wildman–Crippen LogP) is 5.09. The lowest BCUT2D eigenvalue weighted by Crippen LogP contribution is -2.04. The Bertz CT molecular complexity index is 339. The van der Waals surface area contributed by atoms with Crippen molar-refractivity contribution in [1.29, 1.82) is 0 Å². The lowest BCUT2D eigenvalue weighted by molar-refractivity contribution is 0.506. The minimum absolute atomic E-state index is 0.0108. The summed E-state index contributed by atoms with van der Waals surface area (Å²) in [4.78, 5) is 0. The molecule has 0 saturated heterocycles. The highest BCUT2D eigenvalue weighted by atomic mass is 35.5. The van der Waals surface area contributed by atoms with Crippen LogP contribution in [-0.4, -0.2) is 5.38 Å². The van der Waals surface area contributed by atoms with Gasteiger partial charge >= 0.3 is 0 Å². The van der Waals surface area contributed by atoms with Crippen molar-refractivity contribution < 1.29 is 8.78 Å². The van der Waals surface area contributed by atoms with E-state index in [1.165, 1.54) is 25.3 Å². The third kappa shape index (κ3) is 5.49. The second kappa shape index (κ2) is 7.65. The topological polar surface area (TPSA) is 0 Å². The number of hydrogen-bond donors (Lipinski definition) is 0. The smallest absolute Gasteiger partial charge is 0.159 e. The monoisotopic (exact) mass is 260 g/mol. The molecule has 0 N–H and O–H groups in total. The Hall–Kier alpha value is -0.630. The zero-order chi connectivity index (χ0) is 12.7. The largest absolute Gasteiger partial charge is 0.204 e. The molecule has 1 aromatic carbocycles. The van der Waals surface area contributed by atoms with Gasteiger partial charge in [0.1, 0.15) is 0 Å². The molecule has 0 nitrogen and oxygen atoms in total. The van der Waals surface area contributed by atoms with E-state index in [1.807, 2.05) is 0 Å². The van der Waals surface area contributed by atoms with Gasteiger partial charge in [-0.1, -0.05) is 38.7 Å². The Kier molecular flexibility index (Phi) is 6.49. The van der Waals surface area contributed by atoms with Crippen molar-refractivity contribution in [2.24, 2.45) is 0 Å². The van der Waals surface area contributed by atoms with Crippen molar-refractivity contribution in [3.05, 3.63) is 35.4 Å². The summed E-state index contributed by atoms with van der Waals surface area (Å²) in [5.41, 5.74) is 0.763. The molecule has 1 aromatic rings. The fraction of sp³-hybridized carbons (Fsp3) is 0.571. The van der Waals surface area contributed by atoms with Crippen molar-refractivity contribution >= 4 is 11.6 Å². The minimum atomic E-state index is -0.803. The summed E-state index contributed by atoms with van der Waals surface area (Å²) in [6, 6.07) is 3.99. The van der Waals surface area contributed by atoms with Gasteiger partial charge in [-0.3, -0.25) is 0 Å². The van der Waals surface area contributed by atoms with E-state index in [2.05, 4.69) is 6.92 Å². The van der Waals surface area contributed by atoms with Crippen molar-refractivity contribution in [2.75, 3.05) is 0 Å². The molecule has 0 fully saturated rings. The molecule has 17 heavy (non-hydrogen) atoms. The maximum Gasteiger partial charge on any atom is 0.159 e. The van der Waals surface area contributed by atoms with E-state index in [0.717, 1.165) is 24.5 Å². The Labute approximate surface area is 107 Å². The Morgan fingerprint density at radius 2 is 1.88 bits per heavy atom. The molecule has 0 bridgehead atoms.